The van der Waals surface area contributed by atoms with Crippen LogP contribution in [0.2, 0.25) is 0 Å². The fourth-order valence-corrected chi connectivity index (χ4v) is 3.90. The summed E-state index contributed by atoms with van der Waals surface area (Å²) in [6, 6.07) is 13.9. The molecule has 5 heteroatoms. The molecule has 2 aromatic carbocycles. The van der Waals surface area contributed by atoms with E-state index in [1.54, 1.807) is 36.8 Å². The summed E-state index contributed by atoms with van der Waals surface area (Å²) in [5.41, 5.74) is 4.44. The summed E-state index contributed by atoms with van der Waals surface area (Å²) in [5.74, 6) is 0.361. The minimum absolute atomic E-state index is 0.000150. The van der Waals surface area contributed by atoms with Gasteiger partial charge in [0.25, 0.3) is 5.91 Å². The van der Waals surface area contributed by atoms with Crippen LogP contribution >= 0.6 is 11.8 Å². The molecule has 0 atom stereocenters. The van der Waals surface area contributed by atoms with Gasteiger partial charge in [-0.25, -0.2) is 0 Å². The number of aryl methyl sites for hydroxylation is 2. The first-order valence-corrected chi connectivity index (χ1v) is 9.83. The normalized spacial score (nSPS) is 12.5. The first-order valence-electron chi connectivity index (χ1n) is 8.85. The second kappa shape index (κ2) is 8.41. The van der Waals surface area contributed by atoms with E-state index in [0.29, 0.717) is 17.9 Å². The summed E-state index contributed by atoms with van der Waals surface area (Å²) < 4.78 is 0. The third-order valence-electron chi connectivity index (χ3n) is 4.51. The SMILES string of the molecule is CN(C)C(=O)c1cccc(CNC(=O)CSc2ccc3c(c2)CCC3)c1. The molecule has 0 heterocycles. The van der Waals surface area contributed by atoms with Crippen LogP contribution in [-0.4, -0.2) is 36.6 Å². The zero-order chi connectivity index (χ0) is 18.5. The molecule has 26 heavy (non-hydrogen) atoms. The summed E-state index contributed by atoms with van der Waals surface area (Å²) in [6.45, 7) is 0.429. The lowest BCUT2D eigenvalue weighted by Gasteiger charge is -2.11. The predicted octanol–water partition coefficient (Wildman–Crippen LogP) is 3.29. The van der Waals surface area contributed by atoms with Crippen molar-refractivity contribution in [3.63, 3.8) is 0 Å². The quantitative estimate of drug-likeness (QED) is 0.796. The Kier molecular flexibility index (Phi) is 5.99. The van der Waals surface area contributed by atoms with E-state index in [2.05, 4.69) is 23.5 Å². The van der Waals surface area contributed by atoms with E-state index in [9.17, 15) is 9.59 Å². The highest BCUT2D eigenvalue weighted by molar-refractivity contribution is 8.00. The van der Waals surface area contributed by atoms with Gasteiger partial charge in [-0.15, -0.1) is 11.8 Å². The number of fused-ring (bicyclic) bond motifs is 1. The number of nitrogens with one attached hydrogen (secondary N) is 1. The summed E-state index contributed by atoms with van der Waals surface area (Å²) in [6.07, 6.45) is 3.56. The molecule has 0 saturated carbocycles. The van der Waals surface area contributed by atoms with Crippen LogP contribution in [0.25, 0.3) is 0 Å². The Balaban J connectivity index is 1.50. The third kappa shape index (κ3) is 4.67. The van der Waals surface area contributed by atoms with Gasteiger partial charge in [0, 0.05) is 31.1 Å². The number of thioether (sulfide) groups is 1. The van der Waals surface area contributed by atoms with E-state index < -0.39 is 0 Å². The molecule has 3 rings (SSSR count). The van der Waals surface area contributed by atoms with Crippen LogP contribution in [0.4, 0.5) is 0 Å². The van der Waals surface area contributed by atoms with Crippen molar-refractivity contribution < 1.29 is 9.59 Å². The molecule has 0 radical (unpaired) electrons. The number of carbonyl (C=O) groups excluding carboxylic acids is 2. The number of benzene rings is 2. The fraction of sp³-hybridized carbons (Fsp3) is 0.333. The molecule has 1 N–H and O–H groups in total. The Labute approximate surface area is 159 Å². The van der Waals surface area contributed by atoms with Crippen molar-refractivity contribution in [3.8, 4) is 0 Å². The molecule has 1 aliphatic carbocycles. The molecule has 4 nitrogen and oxygen atoms in total. The van der Waals surface area contributed by atoms with Gasteiger partial charge in [-0.2, -0.15) is 0 Å². The smallest absolute Gasteiger partial charge is 0.253 e. The highest BCUT2D eigenvalue weighted by Gasteiger charge is 2.12. The van der Waals surface area contributed by atoms with E-state index >= 15 is 0 Å². The lowest BCUT2D eigenvalue weighted by atomic mass is 10.1. The van der Waals surface area contributed by atoms with E-state index in [1.807, 2.05) is 18.2 Å². The zero-order valence-corrected chi connectivity index (χ0v) is 16.1. The summed E-state index contributed by atoms with van der Waals surface area (Å²) in [4.78, 5) is 26.9. The molecule has 0 aliphatic heterocycles. The van der Waals surface area contributed by atoms with E-state index in [1.165, 1.54) is 24.0 Å². The molecule has 0 aromatic heterocycles. The summed E-state index contributed by atoms with van der Waals surface area (Å²) >= 11 is 1.57. The highest BCUT2D eigenvalue weighted by Crippen LogP contribution is 2.27. The number of hydrogen-bond acceptors (Lipinski definition) is 3. The molecule has 0 unspecified atom stereocenters. The summed E-state index contributed by atoms with van der Waals surface area (Å²) in [5, 5.41) is 2.93. The van der Waals surface area contributed by atoms with Gasteiger partial charge in [0.15, 0.2) is 0 Å². The minimum atomic E-state index is -0.0367. The van der Waals surface area contributed by atoms with E-state index in [4.69, 9.17) is 0 Å². The first-order chi connectivity index (χ1) is 12.5. The van der Waals surface area contributed by atoms with Crippen LogP contribution in [0.3, 0.4) is 0 Å². The van der Waals surface area contributed by atoms with Gasteiger partial charge >= 0.3 is 0 Å². The Morgan fingerprint density at radius 3 is 2.69 bits per heavy atom. The lowest BCUT2D eigenvalue weighted by molar-refractivity contribution is -0.118. The van der Waals surface area contributed by atoms with Gasteiger partial charge in [-0.3, -0.25) is 9.59 Å². The summed E-state index contributed by atoms with van der Waals surface area (Å²) in [7, 11) is 3.46. The monoisotopic (exact) mass is 368 g/mol. The van der Waals surface area contributed by atoms with Crippen molar-refractivity contribution in [1.82, 2.24) is 10.2 Å². The van der Waals surface area contributed by atoms with Crippen LogP contribution in [0.15, 0.2) is 47.4 Å². The van der Waals surface area contributed by atoms with Gasteiger partial charge in [0.1, 0.15) is 0 Å². The number of amides is 2. The van der Waals surface area contributed by atoms with Gasteiger partial charge in [-0.1, -0.05) is 18.2 Å². The number of hydrogen-bond donors (Lipinski definition) is 1. The predicted molar refractivity (Wildman–Crippen MR) is 105 cm³/mol. The topological polar surface area (TPSA) is 49.4 Å². The van der Waals surface area contributed by atoms with Crippen molar-refractivity contribution >= 4 is 23.6 Å². The van der Waals surface area contributed by atoms with Gasteiger partial charge in [-0.05, 0) is 60.2 Å². The maximum Gasteiger partial charge on any atom is 0.253 e. The Hall–Kier alpha value is -2.27. The minimum Gasteiger partial charge on any atom is -0.351 e. The molecule has 0 bridgehead atoms. The zero-order valence-electron chi connectivity index (χ0n) is 15.2. The lowest BCUT2D eigenvalue weighted by Crippen LogP contribution is -2.25. The van der Waals surface area contributed by atoms with Crippen molar-refractivity contribution in [2.45, 2.75) is 30.7 Å². The fourth-order valence-electron chi connectivity index (χ4n) is 3.11. The second-order valence-electron chi connectivity index (χ2n) is 6.75. The van der Waals surface area contributed by atoms with Crippen LogP contribution < -0.4 is 5.32 Å². The standard InChI is InChI=1S/C21H24N2O2S/c1-23(2)21(25)18-8-3-5-15(11-18)13-22-20(24)14-26-19-10-9-16-6-4-7-17(16)12-19/h3,5,8-12H,4,6-7,13-14H2,1-2H3,(H,22,24). The van der Waals surface area contributed by atoms with Crippen molar-refractivity contribution in [3.05, 3.63) is 64.7 Å². The Morgan fingerprint density at radius 2 is 1.88 bits per heavy atom. The second-order valence-corrected chi connectivity index (χ2v) is 7.80. The molecule has 1 aliphatic rings. The van der Waals surface area contributed by atoms with Crippen LogP contribution in [0.1, 0.15) is 33.5 Å². The largest absolute Gasteiger partial charge is 0.351 e. The van der Waals surface area contributed by atoms with Gasteiger partial charge in [0.2, 0.25) is 5.91 Å². The number of carbonyl (C=O) groups is 2. The molecule has 2 amide bonds. The first kappa shape index (κ1) is 18.5. The van der Waals surface area contributed by atoms with E-state index in [0.717, 1.165) is 16.9 Å². The molecule has 0 saturated heterocycles. The molecular formula is C21H24N2O2S. The highest BCUT2D eigenvalue weighted by atomic mass is 32.2. The molecule has 136 valence electrons. The number of rotatable bonds is 6. The molecule has 0 fully saturated rings. The van der Waals surface area contributed by atoms with Crippen molar-refractivity contribution in [2.24, 2.45) is 0 Å². The molecular weight excluding hydrogens is 344 g/mol. The maximum atomic E-state index is 12.1. The van der Waals surface area contributed by atoms with Crippen LogP contribution in [0.5, 0.6) is 0 Å². The molecule has 0 spiro atoms. The van der Waals surface area contributed by atoms with Crippen LogP contribution in [-0.2, 0) is 24.2 Å². The van der Waals surface area contributed by atoms with Gasteiger partial charge in [0.05, 0.1) is 5.75 Å². The van der Waals surface area contributed by atoms with E-state index in [-0.39, 0.29) is 11.8 Å². The molecule has 2 aromatic rings. The van der Waals surface area contributed by atoms with Crippen molar-refractivity contribution in [1.29, 1.82) is 0 Å². The third-order valence-corrected chi connectivity index (χ3v) is 5.50. The average molecular weight is 369 g/mol. The van der Waals surface area contributed by atoms with Crippen LogP contribution in [0, 0.1) is 0 Å². The van der Waals surface area contributed by atoms with Crippen molar-refractivity contribution in [2.75, 3.05) is 19.8 Å². The maximum absolute atomic E-state index is 12.1. The number of nitrogens with zero attached hydrogens (tertiary/aromatic N) is 1. The Morgan fingerprint density at radius 1 is 1.08 bits per heavy atom. The average Bonchev–Trinajstić information content (AvgIpc) is 3.12. The van der Waals surface area contributed by atoms with Gasteiger partial charge < -0.3 is 10.2 Å². The Bertz CT molecular complexity index is 817.